The largest absolute Gasteiger partial charge is 0.293 e. The molecule has 0 radical (unpaired) electrons. The second-order valence-corrected chi connectivity index (χ2v) is 14.5. The van der Waals surface area contributed by atoms with Gasteiger partial charge in [-0.2, -0.15) is 0 Å². The molecule has 0 aliphatic heterocycles. The predicted molar refractivity (Wildman–Crippen MR) is 214 cm³/mol. The average molecular weight is 653 g/mol. The Morgan fingerprint density at radius 3 is 1.67 bits per heavy atom. The maximum Gasteiger partial charge on any atom is 0.145 e. The van der Waals surface area contributed by atoms with Gasteiger partial charge in [0.15, 0.2) is 0 Å². The van der Waals surface area contributed by atoms with Gasteiger partial charge in [0.1, 0.15) is 5.82 Å². The van der Waals surface area contributed by atoms with Crippen molar-refractivity contribution >= 4 is 27.3 Å². The van der Waals surface area contributed by atoms with Gasteiger partial charge in [0, 0.05) is 27.3 Å². The normalized spacial score (nSPS) is 13.2. The minimum atomic E-state index is -0.103. The van der Waals surface area contributed by atoms with Gasteiger partial charge in [-0.3, -0.25) is 4.40 Å². The average Bonchev–Trinajstić information content (AvgIpc) is 3.64. The maximum atomic E-state index is 5.32. The summed E-state index contributed by atoms with van der Waals surface area (Å²) in [4.78, 5) is 5.32. The fourth-order valence-corrected chi connectivity index (χ4v) is 8.40. The van der Waals surface area contributed by atoms with Crippen LogP contribution < -0.4 is 0 Å². The lowest BCUT2D eigenvalue weighted by molar-refractivity contribution is 0.661. The highest BCUT2D eigenvalue weighted by Gasteiger charge is 2.36. The summed E-state index contributed by atoms with van der Waals surface area (Å²) >= 11 is 0. The molecule has 0 saturated heterocycles. The van der Waals surface area contributed by atoms with Crippen LogP contribution in [0.3, 0.4) is 0 Å². The number of aromatic nitrogens is 2. The van der Waals surface area contributed by atoms with Gasteiger partial charge >= 0.3 is 0 Å². The molecular formula is C49H36N2. The Kier molecular flexibility index (Phi) is 6.47. The van der Waals surface area contributed by atoms with Crippen LogP contribution in [0.15, 0.2) is 164 Å². The lowest BCUT2D eigenvalue weighted by Crippen LogP contribution is -2.15. The number of aryl methyl sites for hydroxylation is 1. The van der Waals surface area contributed by atoms with E-state index < -0.39 is 0 Å². The van der Waals surface area contributed by atoms with E-state index in [0.29, 0.717) is 0 Å². The molecule has 0 spiro atoms. The summed E-state index contributed by atoms with van der Waals surface area (Å²) in [5.74, 6) is 0.948. The molecule has 0 N–H and O–H groups in total. The molecule has 10 rings (SSSR count). The van der Waals surface area contributed by atoms with Crippen LogP contribution in [0.25, 0.3) is 83.2 Å². The fraction of sp³-hybridized carbons (Fsp3) is 0.0816. The van der Waals surface area contributed by atoms with Gasteiger partial charge in [0.05, 0.1) is 16.6 Å². The molecule has 0 bridgehead atoms. The third-order valence-corrected chi connectivity index (χ3v) is 11.1. The first kappa shape index (κ1) is 29.6. The third kappa shape index (κ3) is 4.53. The van der Waals surface area contributed by atoms with Gasteiger partial charge in [0.2, 0.25) is 0 Å². The Hall–Kier alpha value is -6.25. The molecule has 2 heterocycles. The minimum absolute atomic E-state index is 0.103. The summed E-state index contributed by atoms with van der Waals surface area (Å²) in [6.45, 7) is 6.87. The van der Waals surface area contributed by atoms with Crippen molar-refractivity contribution in [2.24, 2.45) is 0 Å². The van der Waals surface area contributed by atoms with Crippen molar-refractivity contribution < 1.29 is 0 Å². The maximum absolute atomic E-state index is 5.32. The van der Waals surface area contributed by atoms with E-state index in [-0.39, 0.29) is 5.41 Å². The van der Waals surface area contributed by atoms with Crippen LogP contribution in [-0.4, -0.2) is 9.38 Å². The Bertz CT molecular complexity index is 2800. The van der Waals surface area contributed by atoms with Crippen LogP contribution in [0.1, 0.15) is 30.5 Å². The summed E-state index contributed by atoms with van der Waals surface area (Å²) in [6, 6.07) is 59.9. The molecule has 2 nitrogen and oxygen atoms in total. The van der Waals surface area contributed by atoms with Gasteiger partial charge in [-0.15, -0.1) is 0 Å². The van der Waals surface area contributed by atoms with Crippen LogP contribution >= 0.6 is 0 Å². The topological polar surface area (TPSA) is 17.3 Å². The van der Waals surface area contributed by atoms with E-state index in [9.17, 15) is 0 Å². The minimum Gasteiger partial charge on any atom is -0.293 e. The lowest BCUT2D eigenvalue weighted by atomic mass is 9.81. The molecule has 242 valence electrons. The lowest BCUT2D eigenvalue weighted by Gasteiger charge is -2.22. The first-order valence-electron chi connectivity index (χ1n) is 17.8. The van der Waals surface area contributed by atoms with Crippen molar-refractivity contribution in [3.63, 3.8) is 0 Å². The van der Waals surface area contributed by atoms with Crippen LogP contribution in [0.5, 0.6) is 0 Å². The van der Waals surface area contributed by atoms with Crippen LogP contribution in [0.2, 0.25) is 0 Å². The van der Waals surface area contributed by atoms with Crippen molar-refractivity contribution in [2.75, 3.05) is 0 Å². The molecule has 0 amide bonds. The fourth-order valence-electron chi connectivity index (χ4n) is 8.40. The number of nitrogens with zero attached hydrogens (tertiary/aromatic N) is 2. The molecule has 0 saturated carbocycles. The second-order valence-electron chi connectivity index (χ2n) is 14.5. The molecule has 0 unspecified atom stereocenters. The molecule has 1 aliphatic carbocycles. The summed E-state index contributed by atoms with van der Waals surface area (Å²) < 4.78 is 2.37. The molecule has 7 aromatic carbocycles. The molecule has 9 aromatic rings. The van der Waals surface area contributed by atoms with E-state index in [4.69, 9.17) is 4.98 Å². The van der Waals surface area contributed by atoms with Gasteiger partial charge in [-0.1, -0.05) is 159 Å². The first-order chi connectivity index (χ1) is 25.0. The van der Waals surface area contributed by atoms with Gasteiger partial charge in [-0.05, 0) is 81.3 Å². The zero-order chi connectivity index (χ0) is 34.3. The van der Waals surface area contributed by atoms with Crippen molar-refractivity contribution in [1.82, 2.24) is 9.38 Å². The Labute approximate surface area is 298 Å². The van der Waals surface area contributed by atoms with Gasteiger partial charge < -0.3 is 0 Å². The Morgan fingerprint density at radius 2 is 1.00 bits per heavy atom. The van der Waals surface area contributed by atoms with E-state index in [0.717, 1.165) is 27.8 Å². The van der Waals surface area contributed by atoms with E-state index in [1.807, 2.05) is 0 Å². The number of hydrogen-bond donors (Lipinski definition) is 0. The Morgan fingerprint density at radius 1 is 0.471 bits per heavy atom. The summed E-state index contributed by atoms with van der Waals surface area (Å²) in [5, 5.41) is 2.38. The summed E-state index contributed by atoms with van der Waals surface area (Å²) in [5.41, 5.74) is 18.5. The summed E-state index contributed by atoms with van der Waals surface area (Å²) in [6.07, 6.45) is 0. The van der Waals surface area contributed by atoms with Crippen molar-refractivity contribution in [3.05, 3.63) is 180 Å². The SMILES string of the molecule is Cc1ccc(-c2ccc3c(c2)C(C)(C)c2cc(-c4ccc(-c5nc6ccccc6c6c(-c7ccccc7)c7ccccc7n56)cc4)ccc2-3)cc1. The monoisotopic (exact) mass is 652 g/mol. The van der Waals surface area contributed by atoms with E-state index in [2.05, 4.69) is 189 Å². The van der Waals surface area contributed by atoms with Crippen LogP contribution in [-0.2, 0) is 5.41 Å². The van der Waals surface area contributed by atoms with Crippen molar-refractivity contribution in [2.45, 2.75) is 26.2 Å². The predicted octanol–water partition coefficient (Wildman–Crippen LogP) is 12.9. The highest BCUT2D eigenvalue weighted by Crippen LogP contribution is 2.51. The molecule has 2 heteroatoms. The number of hydrogen-bond acceptors (Lipinski definition) is 1. The van der Waals surface area contributed by atoms with Gasteiger partial charge in [0.25, 0.3) is 0 Å². The zero-order valence-electron chi connectivity index (χ0n) is 29.0. The molecule has 51 heavy (non-hydrogen) atoms. The smallest absolute Gasteiger partial charge is 0.145 e. The van der Waals surface area contributed by atoms with E-state index in [1.54, 1.807) is 0 Å². The third-order valence-electron chi connectivity index (χ3n) is 11.1. The highest BCUT2D eigenvalue weighted by molar-refractivity contribution is 6.14. The van der Waals surface area contributed by atoms with E-state index >= 15 is 0 Å². The molecule has 1 aliphatic rings. The van der Waals surface area contributed by atoms with Gasteiger partial charge in [-0.25, -0.2) is 4.98 Å². The number of rotatable bonds is 4. The Balaban J connectivity index is 1.08. The molecular weight excluding hydrogens is 617 g/mol. The molecule has 0 fully saturated rings. The van der Waals surface area contributed by atoms with Crippen molar-refractivity contribution in [3.8, 4) is 55.9 Å². The highest BCUT2D eigenvalue weighted by atomic mass is 15.0. The second kappa shape index (κ2) is 11.1. The number of fused-ring (bicyclic) bond motifs is 8. The van der Waals surface area contributed by atoms with E-state index in [1.165, 1.54) is 72.1 Å². The zero-order valence-corrected chi connectivity index (χ0v) is 29.0. The van der Waals surface area contributed by atoms with Crippen molar-refractivity contribution in [1.29, 1.82) is 0 Å². The summed E-state index contributed by atoms with van der Waals surface area (Å²) in [7, 11) is 0. The van der Waals surface area contributed by atoms with Crippen LogP contribution in [0, 0.1) is 6.92 Å². The number of para-hydroxylation sites is 2. The molecule has 0 atom stereocenters. The standard InChI is InChI=1S/C49H36N2/c1-31-17-19-32(20-18-31)36-25-27-38-39-28-26-37(30-43(39)49(2,3)42(38)29-36)33-21-23-35(24-22-33)48-50-44-15-9-7-13-40(44)47-46(34-11-5-4-6-12-34)41-14-8-10-16-45(41)51(47)48/h4-30H,1-3H3. The first-order valence-corrected chi connectivity index (χ1v) is 17.8. The van der Waals surface area contributed by atoms with Crippen LogP contribution in [0.4, 0.5) is 0 Å². The number of benzene rings is 7. The molecule has 2 aromatic heterocycles. The quantitative estimate of drug-likeness (QED) is 0.185.